The van der Waals surface area contributed by atoms with Gasteiger partial charge in [-0.2, -0.15) is 0 Å². The first-order chi connectivity index (χ1) is 14.8. The number of anilines is 1. The van der Waals surface area contributed by atoms with E-state index in [9.17, 15) is 13.2 Å². The van der Waals surface area contributed by atoms with Crippen molar-refractivity contribution in [2.75, 3.05) is 4.31 Å². The molecule has 4 aromatic rings. The third-order valence-electron chi connectivity index (χ3n) is 5.60. The summed E-state index contributed by atoms with van der Waals surface area (Å²) in [4.78, 5) is 12.7. The molecule has 1 atom stereocenters. The molecule has 2 heterocycles. The summed E-state index contributed by atoms with van der Waals surface area (Å²) < 4.78 is 30.8. The van der Waals surface area contributed by atoms with Gasteiger partial charge in [-0.3, -0.25) is 13.7 Å². The Bertz CT molecular complexity index is 1460. The molecular weight excluding hydrogens is 452 g/mol. The number of benzene rings is 3. The number of hydrogen-bond acceptors (Lipinski definition) is 4. The second-order valence-electron chi connectivity index (χ2n) is 7.69. The molecule has 8 heteroatoms. The van der Waals surface area contributed by atoms with Gasteiger partial charge in [0.2, 0.25) is 0 Å². The van der Waals surface area contributed by atoms with Gasteiger partial charge in [0.25, 0.3) is 10.0 Å². The Labute approximate surface area is 189 Å². The predicted octanol–water partition coefficient (Wildman–Crippen LogP) is 4.90. The maximum atomic E-state index is 13.5. The summed E-state index contributed by atoms with van der Waals surface area (Å²) in [5.41, 5.74) is 3.42. The summed E-state index contributed by atoms with van der Waals surface area (Å²) in [5.74, 6) is 0. The summed E-state index contributed by atoms with van der Waals surface area (Å²) >= 11 is 7.01. The number of rotatable bonds is 4. The largest absolute Gasteiger partial charge is 0.308 e. The average Bonchev–Trinajstić information content (AvgIpc) is 3.25. The Morgan fingerprint density at radius 2 is 1.81 bits per heavy atom. The molecule has 0 aliphatic carbocycles. The minimum absolute atomic E-state index is 0.126. The maximum absolute atomic E-state index is 13.5. The zero-order chi connectivity index (χ0) is 21.8. The van der Waals surface area contributed by atoms with E-state index in [4.69, 9.17) is 11.6 Å². The Hall–Kier alpha value is -2.61. The van der Waals surface area contributed by atoms with Crippen LogP contribution in [0.1, 0.15) is 18.1 Å². The highest BCUT2D eigenvalue weighted by Crippen LogP contribution is 2.37. The highest BCUT2D eigenvalue weighted by atomic mass is 35.5. The molecule has 0 N–H and O–H groups in total. The number of aromatic nitrogens is 1. The number of halogens is 1. The molecule has 1 unspecified atom stereocenters. The fourth-order valence-electron chi connectivity index (χ4n) is 4.15. The number of fused-ring (bicyclic) bond motifs is 2. The van der Waals surface area contributed by atoms with Gasteiger partial charge in [0.15, 0.2) is 0 Å². The molecule has 0 radical (unpaired) electrons. The lowest BCUT2D eigenvalue weighted by molar-refractivity contribution is 0.584. The van der Waals surface area contributed by atoms with Crippen molar-refractivity contribution in [1.82, 2.24) is 4.57 Å². The fourth-order valence-corrected chi connectivity index (χ4v) is 7.00. The lowest BCUT2D eigenvalue weighted by Crippen LogP contribution is -2.35. The number of sulfonamides is 1. The Kier molecular flexibility index (Phi) is 4.92. The predicted molar refractivity (Wildman–Crippen MR) is 126 cm³/mol. The number of thiazole rings is 1. The lowest BCUT2D eigenvalue weighted by atomic mass is 10.1. The van der Waals surface area contributed by atoms with E-state index in [0.717, 1.165) is 33.7 Å². The van der Waals surface area contributed by atoms with Crippen LogP contribution in [0, 0.1) is 0 Å². The molecule has 0 spiro atoms. The second-order valence-corrected chi connectivity index (χ2v) is 10.9. The van der Waals surface area contributed by atoms with Crippen molar-refractivity contribution in [3.05, 3.63) is 92.5 Å². The quantitative estimate of drug-likeness (QED) is 0.426. The zero-order valence-corrected chi connectivity index (χ0v) is 19.0. The molecule has 1 aliphatic heterocycles. The van der Waals surface area contributed by atoms with Crippen LogP contribution in [0.5, 0.6) is 0 Å². The van der Waals surface area contributed by atoms with Gasteiger partial charge in [-0.1, -0.05) is 53.3 Å². The van der Waals surface area contributed by atoms with Crippen LogP contribution in [0.2, 0.25) is 5.02 Å². The van der Waals surface area contributed by atoms with Crippen molar-refractivity contribution < 1.29 is 8.42 Å². The van der Waals surface area contributed by atoms with Crippen molar-refractivity contribution in [1.29, 1.82) is 0 Å². The highest BCUT2D eigenvalue weighted by molar-refractivity contribution is 7.93. The van der Waals surface area contributed by atoms with Crippen LogP contribution in [-0.2, 0) is 23.0 Å². The fraction of sp³-hybridized carbons (Fsp3) is 0.174. The monoisotopic (exact) mass is 470 g/mol. The van der Waals surface area contributed by atoms with Gasteiger partial charge in [-0.05, 0) is 60.9 Å². The molecule has 0 fully saturated rings. The summed E-state index contributed by atoms with van der Waals surface area (Å²) in [5, 5.41) is 0.638. The van der Waals surface area contributed by atoms with Crippen molar-refractivity contribution in [2.24, 2.45) is 0 Å². The van der Waals surface area contributed by atoms with Crippen LogP contribution in [0.25, 0.3) is 10.2 Å². The number of hydrogen-bond donors (Lipinski definition) is 0. The second kappa shape index (κ2) is 7.51. The molecule has 0 amide bonds. The molecule has 1 aromatic heterocycles. The van der Waals surface area contributed by atoms with E-state index in [2.05, 4.69) is 0 Å². The third kappa shape index (κ3) is 3.46. The lowest BCUT2D eigenvalue weighted by Gasteiger charge is -2.24. The van der Waals surface area contributed by atoms with Gasteiger partial charge in [0.05, 0.1) is 27.3 Å². The normalized spacial score (nSPS) is 16.1. The molecule has 5 nitrogen and oxygen atoms in total. The first kappa shape index (κ1) is 20.3. The van der Waals surface area contributed by atoms with Gasteiger partial charge < -0.3 is 0 Å². The molecule has 158 valence electrons. The number of para-hydroxylation sites is 1. The van der Waals surface area contributed by atoms with Crippen LogP contribution >= 0.6 is 22.9 Å². The minimum atomic E-state index is -3.75. The smallest absolute Gasteiger partial charge is 0.294 e. The topological polar surface area (TPSA) is 59.4 Å². The molecule has 5 rings (SSSR count). The highest BCUT2D eigenvalue weighted by Gasteiger charge is 2.36. The van der Waals surface area contributed by atoms with E-state index in [1.807, 2.05) is 43.3 Å². The maximum Gasteiger partial charge on any atom is 0.308 e. The van der Waals surface area contributed by atoms with Gasteiger partial charge in [0, 0.05) is 11.1 Å². The summed E-state index contributed by atoms with van der Waals surface area (Å²) in [6.07, 6.45) is 0.683. The van der Waals surface area contributed by atoms with E-state index in [1.165, 1.54) is 4.31 Å². The SMILES string of the molecule is CC1Cc2ccccc2N1S(=O)(=O)c1ccc2c(c1)sc(=O)n2Cc1ccc(Cl)cc1. The Morgan fingerprint density at radius 3 is 2.58 bits per heavy atom. The van der Waals surface area contributed by atoms with Gasteiger partial charge in [-0.15, -0.1) is 0 Å². The molecule has 0 saturated carbocycles. The first-order valence-electron chi connectivity index (χ1n) is 9.85. The first-order valence-corrected chi connectivity index (χ1v) is 12.5. The van der Waals surface area contributed by atoms with Crippen LogP contribution < -0.4 is 9.18 Å². The summed E-state index contributed by atoms with van der Waals surface area (Å²) in [7, 11) is -3.75. The van der Waals surface area contributed by atoms with E-state index in [1.54, 1.807) is 34.9 Å². The van der Waals surface area contributed by atoms with Crippen LogP contribution in [0.15, 0.2) is 76.4 Å². The molecule has 31 heavy (non-hydrogen) atoms. The van der Waals surface area contributed by atoms with Crippen LogP contribution in [-0.4, -0.2) is 19.0 Å². The number of nitrogens with zero attached hydrogens (tertiary/aromatic N) is 2. The van der Waals surface area contributed by atoms with Crippen molar-refractivity contribution >= 4 is 48.9 Å². The van der Waals surface area contributed by atoms with Crippen LogP contribution in [0.3, 0.4) is 0 Å². The van der Waals surface area contributed by atoms with Gasteiger partial charge in [0.1, 0.15) is 0 Å². The third-order valence-corrected chi connectivity index (χ3v) is 8.71. The van der Waals surface area contributed by atoms with Crippen molar-refractivity contribution in [3.63, 3.8) is 0 Å². The standard InChI is InChI=1S/C23H19ClN2O3S2/c1-15-12-17-4-2-3-5-20(17)26(15)31(28,29)19-10-11-21-22(13-19)30-23(27)25(21)14-16-6-8-18(24)9-7-16/h2-11,13,15H,12,14H2,1H3. The Balaban J connectivity index is 1.55. The summed E-state index contributed by atoms with van der Waals surface area (Å²) in [6.45, 7) is 2.32. The molecule has 3 aromatic carbocycles. The zero-order valence-electron chi connectivity index (χ0n) is 16.7. The molecule has 0 bridgehead atoms. The molecule has 0 saturated heterocycles. The minimum Gasteiger partial charge on any atom is -0.294 e. The molecule has 1 aliphatic rings. The van der Waals surface area contributed by atoms with E-state index in [-0.39, 0.29) is 15.8 Å². The van der Waals surface area contributed by atoms with Crippen molar-refractivity contribution in [3.8, 4) is 0 Å². The van der Waals surface area contributed by atoms with Gasteiger partial charge >= 0.3 is 4.87 Å². The van der Waals surface area contributed by atoms with Crippen LogP contribution in [0.4, 0.5) is 5.69 Å². The van der Waals surface area contributed by atoms with E-state index in [0.29, 0.717) is 22.7 Å². The molecular formula is C23H19ClN2O3S2. The van der Waals surface area contributed by atoms with Gasteiger partial charge in [-0.25, -0.2) is 8.42 Å². The average molecular weight is 471 g/mol. The van der Waals surface area contributed by atoms with E-state index < -0.39 is 10.0 Å². The Morgan fingerprint density at radius 1 is 1.06 bits per heavy atom. The summed E-state index contributed by atoms with van der Waals surface area (Å²) in [6, 6.07) is 19.7. The van der Waals surface area contributed by atoms with Crippen molar-refractivity contribution in [2.45, 2.75) is 30.8 Å². The van der Waals surface area contributed by atoms with E-state index >= 15 is 0 Å².